The summed E-state index contributed by atoms with van der Waals surface area (Å²) >= 11 is 0. The summed E-state index contributed by atoms with van der Waals surface area (Å²) in [6.07, 6.45) is 0.0741. The number of anilines is 3. The quantitative estimate of drug-likeness (QED) is 0.657. The van der Waals surface area contributed by atoms with Gasteiger partial charge >= 0.3 is 5.97 Å². The third-order valence-corrected chi connectivity index (χ3v) is 2.65. The number of nitrogen functional groups attached to an aromatic ring is 2. The molecule has 1 aliphatic rings. The van der Waals surface area contributed by atoms with Crippen LogP contribution in [0, 0.1) is 5.92 Å². The Morgan fingerprint density at radius 2 is 2.06 bits per heavy atom. The van der Waals surface area contributed by atoms with Gasteiger partial charge < -0.3 is 16.2 Å². The van der Waals surface area contributed by atoms with E-state index in [9.17, 15) is 9.59 Å². The Balaban J connectivity index is 2.24. The molecule has 96 valence electrons. The highest BCUT2D eigenvalue weighted by Gasteiger charge is 2.37. The smallest absolute Gasteiger partial charge is 0.311 e. The maximum atomic E-state index is 11.8. The van der Waals surface area contributed by atoms with Crippen molar-refractivity contribution in [2.75, 3.05) is 30.0 Å². The highest BCUT2D eigenvalue weighted by molar-refractivity contribution is 5.98. The van der Waals surface area contributed by atoms with Crippen molar-refractivity contribution in [3.8, 4) is 0 Å². The Morgan fingerprint density at radius 1 is 1.44 bits per heavy atom. The number of esters is 1. The van der Waals surface area contributed by atoms with Crippen LogP contribution < -0.4 is 16.4 Å². The van der Waals surface area contributed by atoms with Crippen LogP contribution in [0.15, 0.2) is 6.07 Å². The fraction of sp³-hybridized carbons (Fsp3) is 0.400. The molecule has 1 saturated heterocycles. The van der Waals surface area contributed by atoms with E-state index in [1.165, 1.54) is 18.1 Å². The van der Waals surface area contributed by atoms with Crippen LogP contribution in [0.1, 0.15) is 6.42 Å². The molecule has 8 heteroatoms. The van der Waals surface area contributed by atoms with Crippen molar-refractivity contribution >= 4 is 29.5 Å². The van der Waals surface area contributed by atoms with E-state index in [4.69, 9.17) is 11.5 Å². The second kappa shape index (κ2) is 4.47. The standard InChI is InChI=1S/C10H13N5O3/c1-18-9(17)5-2-8(16)15(4-5)10-13-6(11)3-7(12)14-10/h3,5H,2,4H2,1H3,(H4,11,12,13,14). The number of carbonyl (C=O) groups excluding carboxylic acids is 2. The average Bonchev–Trinajstić information content (AvgIpc) is 2.69. The van der Waals surface area contributed by atoms with Crippen molar-refractivity contribution in [2.24, 2.45) is 5.92 Å². The fourth-order valence-electron chi connectivity index (χ4n) is 1.82. The normalized spacial score (nSPS) is 19.1. The largest absolute Gasteiger partial charge is 0.469 e. The van der Waals surface area contributed by atoms with Crippen LogP contribution in [0.4, 0.5) is 17.6 Å². The van der Waals surface area contributed by atoms with Gasteiger partial charge in [-0.25, -0.2) is 0 Å². The van der Waals surface area contributed by atoms with E-state index in [1.807, 2.05) is 0 Å². The molecule has 1 aliphatic heterocycles. The van der Waals surface area contributed by atoms with Crippen LogP contribution in [0.25, 0.3) is 0 Å². The molecule has 1 amide bonds. The van der Waals surface area contributed by atoms with Gasteiger partial charge in [0.1, 0.15) is 11.6 Å². The van der Waals surface area contributed by atoms with E-state index in [0.29, 0.717) is 0 Å². The molecule has 1 aromatic heterocycles. The lowest BCUT2D eigenvalue weighted by atomic mass is 10.1. The summed E-state index contributed by atoms with van der Waals surface area (Å²) in [4.78, 5) is 32.3. The maximum Gasteiger partial charge on any atom is 0.311 e. The molecule has 0 radical (unpaired) electrons. The molecule has 1 aromatic rings. The van der Waals surface area contributed by atoms with E-state index in [0.717, 1.165) is 0 Å². The number of methoxy groups -OCH3 is 1. The van der Waals surface area contributed by atoms with Crippen LogP contribution in [0.5, 0.6) is 0 Å². The lowest BCUT2D eigenvalue weighted by Gasteiger charge is -2.14. The number of hydrogen-bond acceptors (Lipinski definition) is 7. The van der Waals surface area contributed by atoms with Gasteiger partial charge in [-0.15, -0.1) is 0 Å². The monoisotopic (exact) mass is 251 g/mol. The molecule has 1 fully saturated rings. The second-order valence-electron chi connectivity index (χ2n) is 3.95. The first kappa shape index (κ1) is 12.1. The van der Waals surface area contributed by atoms with Gasteiger partial charge in [0.25, 0.3) is 0 Å². The van der Waals surface area contributed by atoms with Crippen molar-refractivity contribution in [1.82, 2.24) is 9.97 Å². The molecular weight excluding hydrogens is 238 g/mol. The van der Waals surface area contributed by atoms with Crippen molar-refractivity contribution in [2.45, 2.75) is 6.42 Å². The van der Waals surface area contributed by atoms with E-state index >= 15 is 0 Å². The molecule has 2 heterocycles. The van der Waals surface area contributed by atoms with Crippen molar-refractivity contribution in [3.63, 3.8) is 0 Å². The van der Waals surface area contributed by atoms with Gasteiger partial charge in [-0.1, -0.05) is 0 Å². The average molecular weight is 251 g/mol. The predicted molar refractivity (Wildman–Crippen MR) is 63.3 cm³/mol. The molecule has 0 aliphatic carbocycles. The summed E-state index contributed by atoms with van der Waals surface area (Å²) in [6.45, 7) is 0.175. The van der Waals surface area contributed by atoms with Crippen LogP contribution in [0.3, 0.4) is 0 Å². The Hall–Kier alpha value is -2.38. The van der Waals surface area contributed by atoms with Gasteiger partial charge in [0, 0.05) is 19.0 Å². The molecule has 2 rings (SSSR count). The maximum absolute atomic E-state index is 11.8. The highest BCUT2D eigenvalue weighted by atomic mass is 16.5. The summed E-state index contributed by atoms with van der Waals surface area (Å²) < 4.78 is 4.61. The highest BCUT2D eigenvalue weighted by Crippen LogP contribution is 2.24. The SMILES string of the molecule is COC(=O)C1CC(=O)N(c2nc(N)cc(N)n2)C1. The van der Waals surface area contributed by atoms with Gasteiger partial charge in [0.2, 0.25) is 11.9 Å². The van der Waals surface area contributed by atoms with Gasteiger partial charge in [0.05, 0.1) is 13.0 Å². The molecule has 0 aromatic carbocycles. The first-order chi connectivity index (χ1) is 8.51. The Labute approximate surface area is 103 Å². The summed E-state index contributed by atoms with van der Waals surface area (Å²) in [6, 6.07) is 1.39. The summed E-state index contributed by atoms with van der Waals surface area (Å²) in [5.74, 6) is -0.727. The predicted octanol–water partition coefficient (Wildman–Crippen LogP) is -0.833. The number of ether oxygens (including phenoxy) is 1. The Bertz CT molecular complexity index is 484. The minimum Gasteiger partial charge on any atom is -0.469 e. The number of hydrogen-bond donors (Lipinski definition) is 2. The first-order valence-electron chi connectivity index (χ1n) is 5.29. The summed E-state index contributed by atoms with van der Waals surface area (Å²) in [5, 5.41) is 0. The minimum atomic E-state index is -0.506. The number of carbonyl (C=O) groups is 2. The Kier molecular flexibility index (Phi) is 3.00. The molecule has 1 atom stereocenters. The molecular formula is C10H13N5O3. The van der Waals surface area contributed by atoms with Crippen LogP contribution >= 0.6 is 0 Å². The van der Waals surface area contributed by atoms with Crippen LogP contribution in [-0.4, -0.2) is 35.5 Å². The van der Waals surface area contributed by atoms with Gasteiger partial charge in [-0.05, 0) is 0 Å². The topological polar surface area (TPSA) is 124 Å². The second-order valence-corrected chi connectivity index (χ2v) is 3.95. The molecule has 8 nitrogen and oxygen atoms in total. The van der Waals surface area contributed by atoms with Crippen molar-refractivity contribution in [1.29, 1.82) is 0 Å². The molecule has 4 N–H and O–H groups in total. The molecule has 18 heavy (non-hydrogen) atoms. The van der Waals surface area contributed by atoms with Crippen LogP contribution in [-0.2, 0) is 14.3 Å². The number of amides is 1. The third-order valence-electron chi connectivity index (χ3n) is 2.65. The van der Waals surface area contributed by atoms with Gasteiger partial charge in [-0.3, -0.25) is 14.5 Å². The Morgan fingerprint density at radius 3 is 2.61 bits per heavy atom. The zero-order valence-corrected chi connectivity index (χ0v) is 9.79. The number of nitrogens with zero attached hydrogens (tertiary/aromatic N) is 3. The molecule has 0 spiro atoms. The first-order valence-corrected chi connectivity index (χ1v) is 5.29. The van der Waals surface area contributed by atoms with Crippen molar-refractivity contribution < 1.29 is 14.3 Å². The van der Waals surface area contributed by atoms with Crippen molar-refractivity contribution in [3.05, 3.63) is 6.07 Å². The zero-order valence-electron chi connectivity index (χ0n) is 9.79. The molecule has 1 unspecified atom stereocenters. The van der Waals surface area contributed by atoms with E-state index in [1.54, 1.807) is 0 Å². The molecule has 0 bridgehead atoms. The molecule has 0 saturated carbocycles. The van der Waals surface area contributed by atoms with Gasteiger partial charge in [0.15, 0.2) is 0 Å². The number of nitrogens with two attached hydrogens (primary N) is 2. The number of rotatable bonds is 2. The number of aromatic nitrogens is 2. The summed E-state index contributed by atoms with van der Waals surface area (Å²) in [7, 11) is 1.28. The summed E-state index contributed by atoms with van der Waals surface area (Å²) in [5.41, 5.74) is 11.1. The zero-order chi connectivity index (χ0) is 13.3. The van der Waals surface area contributed by atoms with E-state index in [-0.39, 0.29) is 36.5 Å². The van der Waals surface area contributed by atoms with Crippen LogP contribution in [0.2, 0.25) is 0 Å². The van der Waals surface area contributed by atoms with Gasteiger partial charge in [-0.2, -0.15) is 9.97 Å². The lowest BCUT2D eigenvalue weighted by molar-refractivity contribution is -0.145. The minimum absolute atomic E-state index is 0.0741. The fourth-order valence-corrected chi connectivity index (χ4v) is 1.82. The van der Waals surface area contributed by atoms with E-state index in [2.05, 4.69) is 14.7 Å². The van der Waals surface area contributed by atoms with E-state index < -0.39 is 11.9 Å². The third kappa shape index (κ3) is 2.17. The lowest BCUT2D eigenvalue weighted by Crippen LogP contribution is -2.28.